The second kappa shape index (κ2) is 7.58. The van der Waals surface area contributed by atoms with Crippen LogP contribution in [0.5, 0.6) is 0 Å². The summed E-state index contributed by atoms with van der Waals surface area (Å²) in [6.07, 6.45) is 8.98. The Bertz CT molecular complexity index is 474. The Morgan fingerprint density at radius 1 is 1.18 bits per heavy atom. The van der Waals surface area contributed by atoms with Crippen molar-refractivity contribution in [1.82, 2.24) is 15.6 Å². The highest BCUT2D eigenvalue weighted by Gasteiger charge is 2.17. The molecule has 1 aromatic rings. The molecule has 0 spiro atoms. The molecule has 0 bridgehead atoms. The van der Waals surface area contributed by atoms with Gasteiger partial charge in [0.2, 0.25) is 0 Å². The minimum Gasteiger partial charge on any atom is -0.357 e. The molecule has 0 radical (unpaired) electrons. The summed E-state index contributed by atoms with van der Waals surface area (Å²) in [6.45, 7) is 4.07. The van der Waals surface area contributed by atoms with Crippen molar-refractivity contribution in [2.45, 2.75) is 44.6 Å². The lowest BCUT2D eigenvalue weighted by molar-refractivity contribution is 0.0930. The minimum absolute atomic E-state index is 0.0105. The second-order valence-electron chi connectivity index (χ2n) is 6.32. The lowest BCUT2D eigenvalue weighted by Crippen LogP contribution is -2.45. The largest absolute Gasteiger partial charge is 0.357 e. The Morgan fingerprint density at radius 3 is 2.64 bits per heavy atom. The van der Waals surface area contributed by atoms with Crippen LogP contribution in [-0.2, 0) is 0 Å². The van der Waals surface area contributed by atoms with Gasteiger partial charge in [0, 0.05) is 31.9 Å². The summed E-state index contributed by atoms with van der Waals surface area (Å²) in [5.41, 5.74) is 0.657. The molecule has 5 heteroatoms. The van der Waals surface area contributed by atoms with Gasteiger partial charge in [0.1, 0.15) is 5.82 Å². The molecular weight excluding hydrogens is 276 g/mol. The number of piperidine rings is 1. The first-order valence-electron chi connectivity index (χ1n) is 8.55. The summed E-state index contributed by atoms with van der Waals surface area (Å²) in [6, 6.07) is 4.13. The number of carbonyl (C=O) groups is 1. The smallest absolute Gasteiger partial charge is 0.253 e. The van der Waals surface area contributed by atoms with E-state index in [-0.39, 0.29) is 11.9 Å². The van der Waals surface area contributed by atoms with Gasteiger partial charge in [-0.25, -0.2) is 4.98 Å². The van der Waals surface area contributed by atoms with Crippen LogP contribution in [0.25, 0.3) is 0 Å². The maximum absolute atomic E-state index is 12.3. The van der Waals surface area contributed by atoms with E-state index in [1.807, 2.05) is 12.1 Å². The molecule has 2 saturated heterocycles. The van der Waals surface area contributed by atoms with E-state index in [0.29, 0.717) is 5.56 Å². The molecule has 2 aliphatic heterocycles. The molecule has 0 aromatic carbocycles. The Morgan fingerprint density at radius 2 is 2.00 bits per heavy atom. The molecule has 1 amide bonds. The molecule has 2 fully saturated rings. The van der Waals surface area contributed by atoms with Gasteiger partial charge in [-0.3, -0.25) is 4.79 Å². The first-order chi connectivity index (χ1) is 10.8. The SMILES string of the molecule is O=C(N[C@H]1CCCNC1)c1ccc(N2CCCCCC2)nc1. The van der Waals surface area contributed by atoms with Gasteiger partial charge >= 0.3 is 0 Å². The fraction of sp³-hybridized carbons (Fsp3) is 0.647. The molecular formula is C17H26N4O. The van der Waals surface area contributed by atoms with Crippen LogP contribution in [0.3, 0.4) is 0 Å². The number of pyridine rings is 1. The number of anilines is 1. The van der Waals surface area contributed by atoms with Gasteiger partial charge in [-0.1, -0.05) is 12.8 Å². The normalized spacial score (nSPS) is 22.9. The van der Waals surface area contributed by atoms with Crippen molar-refractivity contribution >= 4 is 11.7 Å². The Kier molecular flexibility index (Phi) is 5.27. The average molecular weight is 302 g/mol. The molecule has 5 nitrogen and oxygen atoms in total. The predicted octanol–water partition coefficient (Wildman–Crippen LogP) is 1.94. The number of nitrogens with one attached hydrogen (secondary N) is 2. The molecule has 1 aromatic heterocycles. The zero-order valence-corrected chi connectivity index (χ0v) is 13.2. The van der Waals surface area contributed by atoms with E-state index in [2.05, 4.69) is 20.5 Å². The van der Waals surface area contributed by atoms with Gasteiger partial charge in [-0.05, 0) is 44.4 Å². The summed E-state index contributed by atoms with van der Waals surface area (Å²) in [5.74, 6) is 0.987. The summed E-state index contributed by atoms with van der Waals surface area (Å²) in [7, 11) is 0. The highest BCUT2D eigenvalue weighted by molar-refractivity contribution is 5.94. The molecule has 0 unspecified atom stereocenters. The second-order valence-corrected chi connectivity index (χ2v) is 6.32. The molecule has 3 heterocycles. The topological polar surface area (TPSA) is 57.3 Å². The van der Waals surface area contributed by atoms with Crippen molar-refractivity contribution in [3.8, 4) is 0 Å². The van der Waals surface area contributed by atoms with E-state index >= 15 is 0 Å². The van der Waals surface area contributed by atoms with E-state index in [9.17, 15) is 4.79 Å². The molecule has 0 aliphatic carbocycles. The standard InChI is InChI=1S/C17H26N4O/c22-17(20-15-6-5-9-18-13-15)14-7-8-16(19-12-14)21-10-3-1-2-4-11-21/h7-8,12,15,18H,1-6,9-11,13H2,(H,20,22)/t15-/m0/s1. The molecule has 1 atom stereocenters. The third kappa shape index (κ3) is 3.97. The molecule has 2 N–H and O–H groups in total. The number of hydrogen-bond acceptors (Lipinski definition) is 4. The number of hydrogen-bond donors (Lipinski definition) is 2. The van der Waals surface area contributed by atoms with Crippen molar-refractivity contribution in [2.75, 3.05) is 31.1 Å². The van der Waals surface area contributed by atoms with Crippen molar-refractivity contribution in [2.24, 2.45) is 0 Å². The number of rotatable bonds is 3. The molecule has 120 valence electrons. The third-order valence-corrected chi connectivity index (χ3v) is 4.57. The summed E-state index contributed by atoms with van der Waals surface area (Å²) >= 11 is 0. The van der Waals surface area contributed by atoms with Crippen LogP contribution < -0.4 is 15.5 Å². The van der Waals surface area contributed by atoms with Gasteiger partial charge in [0.25, 0.3) is 5.91 Å². The first-order valence-corrected chi connectivity index (χ1v) is 8.55. The van der Waals surface area contributed by atoms with Crippen molar-refractivity contribution < 1.29 is 4.79 Å². The fourth-order valence-corrected chi connectivity index (χ4v) is 3.25. The van der Waals surface area contributed by atoms with Crippen LogP contribution in [0.2, 0.25) is 0 Å². The fourth-order valence-electron chi connectivity index (χ4n) is 3.25. The van der Waals surface area contributed by atoms with Gasteiger partial charge in [-0.15, -0.1) is 0 Å². The Hall–Kier alpha value is -1.62. The van der Waals surface area contributed by atoms with Crippen molar-refractivity contribution in [1.29, 1.82) is 0 Å². The third-order valence-electron chi connectivity index (χ3n) is 4.57. The van der Waals surface area contributed by atoms with E-state index in [4.69, 9.17) is 0 Å². The molecule has 22 heavy (non-hydrogen) atoms. The quantitative estimate of drug-likeness (QED) is 0.896. The monoisotopic (exact) mass is 302 g/mol. The van der Waals surface area contributed by atoms with Crippen LogP contribution in [0, 0.1) is 0 Å². The van der Waals surface area contributed by atoms with Gasteiger partial charge in [-0.2, -0.15) is 0 Å². The van der Waals surface area contributed by atoms with E-state index in [1.54, 1.807) is 6.20 Å². The molecule has 0 saturated carbocycles. The van der Waals surface area contributed by atoms with Crippen LogP contribution in [0.4, 0.5) is 5.82 Å². The number of aromatic nitrogens is 1. The Labute approximate surface area is 132 Å². The maximum Gasteiger partial charge on any atom is 0.253 e. The van der Waals surface area contributed by atoms with Crippen LogP contribution in [0.1, 0.15) is 48.9 Å². The number of amides is 1. The lowest BCUT2D eigenvalue weighted by atomic mass is 10.1. The average Bonchev–Trinajstić information content (AvgIpc) is 2.85. The lowest BCUT2D eigenvalue weighted by Gasteiger charge is -2.24. The van der Waals surface area contributed by atoms with Crippen LogP contribution in [0.15, 0.2) is 18.3 Å². The van der Waals surface area contributed by atoms with Crippen molar-refractivity contribution in [3.63, 3.8) is 0 Å². The van der Waals surface area contributed by atoms with Crippen LogP contribution in [-0.4, -0.2) is 43.1 Å². The molecule has 3 rings (SSSR count). The Balaban J connectivity index is 1.59. The van der Waals surface area contributed by atoms with Gasteiger partial charge in [0.15, 0.2) is 0 Å². The van der Waals surface area contributed by atoms with E-state index in [1.165, 1.54) is 25.7 Å². The highest BCUT2D eigenvalue weighted by atomic mass is 16.1. The number of carbonyl (C=O) groups excluding carboxylic acids is 1. The minimum atomic E-state index is -0.0105. The van der Waals surface area contributed by atoms with E-state index in [0.717, 1.165) is 44.8 Å². The summed E-state index contributed by atoms with van der Waals surface area (Å²) in [4.78, 5) is 19.1. The number of nitrogens with zero attached hydrogens (tertiary/aromatic N) is 2. The van der Waals surface area contributed by atoms with Gasteiger partial charge < -0.3 is 15.5 Å². The van der Waals surface area contributed by atoms with E-state index < -0.39 is 0 Å². The summed E-state index contributed by atoms with van der Waals surface area (Å²) < 4.78 is 0. The van der Waals surface area contributed by atoms with Crippen molar-refractivity contribution in [3.05, 3.63) is 23.9 Å². The zero-order valence-electron chi connectivity index (χ0n) is 13.2. The highest BCUT2D eigenvalue weighted by Crippen LogP contribution is 2.17. The summed E-state index contributed by atoms with van der Waals surface area (Å²) in [5, 5.41) is 6.40. The van der Waals surface area contributed by atoms with Gasteiger partial charge in [0.05, 0.1) is 5.56 Å². The predicted molar refractivity (Wildman–Crippen MR) is 88.3 cm³/mol. The maximum atomic E-state index is 12.3. The first kappa shape index (κ1) is 15.3. The molecule has 2 aliphatic rings. The van der Waals surface area contributed by atoms with Crippen LogP contribution >= 0.6 is 0 Å². The zero-order chi connectivity index (χ0) is 15.2.